The van der Waals surface area contributed by atoms with Gasteiger partial charge >= 0.3 is 0 Å². The molecule has 0 amide bonds. The predicted molar refractivity (Wildman–Crippen MR) is 83.7 cm³/mol. The molecular formula is C14H17FN2O2S2. The van der Waals surface area contributed by atoms with E-state index < -0.39 is 15.8 Å². The Morgan fingerprint density at radius 1 is 1.19 bits per heavy atom. The number of nitrogens with zero attached hydrogens (tertiary/aromatic N) is 1. The second kappa shape index (κ2) is 6.55. The van der Waals surface area contributed by atoms with Crippen LogP contribution < -0.4 is 9.62 Å². The first-order valence-electron chi connectivity index (χ1n) is 6.49. The number of hydrogen-bond donors (Lipinski definition) is 1. The molecule has 0 saturated carbocycles. The molecule has 1 N–H and O–H groups in total. The molecule has 0 radical (unpaired) electrons. The van der Waals surface area contributed by atoms with E-state index in [9.17, 15) is 12.8 Å². The predicted octanol–water partition coefficient (Wildman–Crippen LogP) is 2.82. The van der Waals surface area contributed by atoms with E-state index >= 15 is 0 Å². The van der Waals surface area contributed by atoms with Crippen LogP contribution in [0.25, 0.3) is 0 Å². The van der Waals surface area contributed by atoms with Crippen LogP contribution in [-0.4, -0.2) is 22.0 Å². The van der Waals surface area contributed by atoms with Crippen molar-refractivity contribution >= 4 is 27.0 Å². The Morgan fingerprint density at radius 2 is 1.86 bits per heavy atom. The number of hydrogen-bond acceptors (Lipinski definition) is 4. The summed E-state index contributed by atoms with van der Waals surface area (Å²) in [5.41, 5.74) is 0.429. The fourth-order valence-corrected chi connectivity index (χ4v) is 4.46. The van der Waals surface area contributed by atoms with Crippen LogP contribution in [-0.2, 0) is 16.6 Å². The summed E-state index contributed by atoms with van der Waals surface area (Å²) in [4.78, 5) is 0.961. The minimum absolute atomic E-state index is 0.280. The number of benzene rings is 1. The highest BCUT2D eigenvalue weighted by atomic mass is 32.2. The molecule has 1 heterocycles. The fraction of sp³-hybridized carbons (Fsp3) is 0.286. The van der Waals surface area contributed by atoms with Crippen molar-refractivity contribution in [1.82, 2.24) is 5.32 Å². The van der Waals surface area contributed by atoms with E-state index in [-0.39, 0.29) is 4.21 Å². The summed E-state index contributed by atoms with van der Waals surface area (Å²) in [5.74, 6) is -0.395. The van der Waals surface area contributed by atoms with Gasteiger partial charge in [0, 0.05) is 18.5 Å². The van der Waals surface area contributed by atoms with Crippen molar-refractivity contribution in [2.75, 3.05) is 17.9 Å². The molecule has 0 spiro atoms. The van der Waals surface area contributed by atoms with E-state index in [4.69, 9.17) is 0 Å². The standard InChI is InChI=1S/C14H17FN2O2S2/c1-3-16-10-13-8-9-14(20-13)21(18,19)17(2)12-6-4-11(15)5-7-12/h4-9,16H,3,10H2,1-2H3. The molecule has 0 aliphatic carbocycles. The van der Waals surface area contributed by atoms with Crippen LogP contribution in [0, 0.1) is 5.82 Å². The molecule has 0 fully saturated rings. The normalized spacial score (nSPS) is 11.6. The maximum Gasteiger partial charge on any atom is 0.273 e. The third-order valence-corrected chi connectivity index (χ3v) is 6.33. The van der Waals surface area contributed by atoms with Gasteiger partial charge in [0.25, 0.3) is 10.0 Å². The molecule has 7 heteroatoms. The topological polar surface area (TPSA) is 49.4 Å². The zero-order valence-electron chi connectivity index (χ0n) is 11.8. The summed E-state index contributed by atoms with van der Waals surface area (Å²) in [5, 5.41) is 3.16. The smallest absolute Gasteiger partial charge is 0.273 e. The van der Waals surface area contributed by atoms with E-state index in [0.717, 1.165) is 15.7 Å². The maximum absolute atomic E-state index is 12.9. The molecule has 2 aromatic rings. The van der Waals surface area contributed by atoms with Crippen molar-refractivity contribution in [3.63, 3.8) is 0 Å². The Labute approximate surface area is 128 Å². The highest BCUT2D eigenvalue weighted by Crippen LogP contribution is 2.27. The average molecular weight is 328 g/mol. The van der Waals surface area contributed by atoms with Crippen LogP contribution in [0.2, 0.25) is 0 Å². The van der Waals surface area contributed by atoms with Crippen molar-refractivity contribution in [2.45, 2.75) is 17.7 Å². The van der Waals surface area contributed by atoms with Gasteiger partial charge in [-0.15, -0.1) is 11.3 Å². The lowest BCUT2D eigenvalue weighted by molar-refractivity contribution is 0.596. The molecule has 0 saturated heterocycles. The second-order valence-electron chi connectivity index (χ2n) is 4.45. The van der Waals surface area contributed by atoms with Gasteiger partial charge in [0.2, 0.25) is 0 Å². The van der Waals surface area contributed by atoms with Crippen LogP contribution in [0.15, 0.2) is 40.6 Å². The van der Waals surface area contributed by atoms with Crippen molar-refractivity contribution in [3.05, 3.63) is 47.1 Å². The summed E-state index contributed by atoms with van der Waals surface area (Å²) in [7, 11) is -2.14. The molecule has 0 aliphatic heterocycles. The summed E-state index contributed by atoms with van der Waals surface area (Å²) in [6.07, 6.45) is 0. The third-order valence-electron chi connectivity index (χ3n) is 2.99. The Hall–Kier alpha value is -1.44. The number of anilines is 1. The summed E-state index contributed by atoms with van der Waals surface area (Å²) >= 11 is 1.24. The lowest BCUT2D eigenvalue weighted by atomic mass is 10.3. The Balaban J connectivity index is 2.24. The van der Waals surface area contributed by atoms with Crippen molar-refractivity contribution < 1.29 is 12.8 Å². The summed E-state index contributed by atoms with van der Waals surface area (Å²) in [6, 6.07) is 8.78. The molecule has 114 valence electrons. The quantitative estimate of drug-likeness (QED) is 0.887. The first kappa shape index (κ1) is 15.9. The van der Waals surface area contributed by atoms with Crippen LogP contribution in [0.1, 0.15) is 11.8 Å². The van der Waals surface area contributed by atoms with Crippen molar-refractivity contribution in [1.29, 1.82) is 0 Å². The zero-order chi connectivity index (χ0) is 15.5. The molecule has 0 bridgehead atoms. The van der Waals surface area contributed by atoms with Gasteiger partial charge in [-0.05, 0) is 42.9 Å². The van der Waals surface area contributed by atoms with Crippen LogP contribution in [0.3, 0.4) is 0 Å². The number of thiophene rings is 1. The van der Waals surface area contributed by atoms with Gasteiger partial charge in [0.15, 0.2) is 0 Å². The summed E-state index contributed by atoms with van der Waals surface area (Å²) < 4.78 is 39.4. The minimum Gasteiger partial charge on any atom is -0.312 e. The van der Waals surface area contributed by atoms with E-state index in [0.29, 0.717) is 12.2 Å². The van der Waals surface area contributed by atoms with E-state index in [1.54, 1.807) is 12.1 Å². The summed E-state index contributed by atoms with van der Waals surface area (Å²) in [6.45, 7) is 3.47. The number of nitrogens with one attached hydrogen (secondary N) is 1. The fourth-order valence-electron chi connectivity index (χ4n) is 1.76. The molecule has 4 nitrogen and oxygen atoms in total. The molecule has 0 atom stereocenters. The van der Waals surface area contributed by atoms with E-state index in [2.05, 4.69) is 5.32 Å². The van der Waals surface area contributed by atoms with Gasteiger partial charge in [-0.2, -0.15) is 0 Å². The van der Waals surface area contributed by atoms with E-state index in [1.165, 1.54) is 42.6 Å². The minimum atomic E-state index is -3.61. The van der Waals surface area contributed by atoms with Crippen LogP contribution in [0.4, 0.5) is 10.1 Å². The van der Waals surface area contributed by atoms with Gasteiger partial charge in [0.05, 0.1) is 5.69 Å². The first-order chi connectivity index (χ1) is 9.95. The largest absolute Gasteiger partial charge is 0.312 e. The molecule has 2 rings (SSSR count). The van der Waals surface area contributed by atoms with Gasteiger partial charge in [-0.1, -0.05) is 6.92 Å². The molecule has 0 unspecified atom stereocenters. The highest BCUT2D eigenvalue weighted by Gasteiger charge is 2.23. The van der Waals surface area contributed by atoms with E-state index in [1.807, 2.05) is 6.92 Å². The van der Waals surface area contributed by atoms with Crippen molar-refractivity contribution in [3.8, 4) is 0 Å². The van der Waals surface area contributed by atoms with Crippen molar-refractivity contribution in [2.24, 2.45) is 0 Å². The van der Waals surface area contributed by atoms with Gasteiger partial charge < -0.3 is 5.32 Å². The number of rotatable bonds is 6. The first-order valence-corrected chi connectivity index (χ1v) is 8.74. The SMILES string of the molecule is CCNCc1ccc(S(=O)(=O)N(C)c2ccc(F)cc2)s1. The van der Waals surface area contributed by atoms with Gasteiger partial charge in [0.1, 0.15) is 10.0 Å². The lowest BCUT2D eigenvalue weighted by Gasteiger charge is -2.18. The molecule has 1 aromatic carbocycles. The van der Waals surface area contributed by atoms with Gasteiger partial charge in [-0.25, -0.2) is 12.8 Å². The highest BCUT2D eigenvalue weighted by molar-refractivity contribution is 7.94. The Bertz CT molecular complexity index is 696. The monoisotopic (exact) mass is 328 g/mol. The van der Waals surface area contributed by atoms with Gasteiger partial charge in [-0.3, -0.25) is 4.31 Å². The molecule has 1 aromatic heterocycles. The zero-order valence-corrected chi connectivity index (χ0v) is 13.5. The maximum atomic E-state index is 12.9. The second-order valence-corrected chi connectivity index (χ2v) is 7.81. The third kappa shape index (κ3) is 3.61. The molecular weight excluding hydrogens is 311 g/mol. The number of sulfonamides is 1. The number of halogens is 1. The average Bonchev–Trinajstić information content (AvgIpc) is 2.94. The Morgan fingerprint density at radius 3 is 2.48 bits per heavy atom. The molecule has 21 heavy (non-hydrogen) atoms. The lowest BCUT2D eigenvalue weighted by Crippen LogP contribution is -2.25. The Kier molecular flexibility index (Phi) is 4.97. The van der Waals surface area contributed by atoms with Crippen LogP contribution >= 0.6 is 11.3 Å². The van der Waals surface area contributed by atoms with Crippen LogP contribution in [0.5, 0.6) is 0 Å². The molecule has 0 aliphatic rings.